The minimum atomic E-state index is -3.63. The van der Waals surface area contributed by atoms with Gasteiger partial charge in [-0.05, 0) is 61.3 Å². The maximum Gasteiger partial charge on any atom is 0.262 e. The van der Waals surface area contributed by atoms with Gasteiger partial charge >= 0.3 is 0 Å². The van der Waals surface area contributed by atoms with Crippen LogP contribution in [-0.4, -0.2) is 27.5 Å². The number of benzene rings is 2. The number of anilines is 1. The summed E-state index contributed by atoms with van der Waals surface area (Å²) in [6.07, 6.45) is 4.18. The highest BCUT2D eigenvalue weighted by molar-refractivity contribution is 7.89. The quantitative estimate of drug-likeness (QED) is 0.807. The van der Waals surface area contributed by atoms with Gasteiger partial charge in [0.15, 0.2) is 6.61 Å². The van der Waals surface area contributed by atoms with Crippen molar-refractivity contribution in [1.82, 2.24) is 4.72 Å². The first-order chi connectivity index (χ1) is 13.5. The second-order valence-corrected chi connectivity index (χ2v) is 9.24. The first-order valence-electron chi connectivity index (χ1n) is 9.62. The van der Waals surface area contributed by atoms with Crippen molar-refractivity contribution in [2.24, 2.45) is 5.92 Å². The lowest BCUT2D eigenvalue weighted by Gasteiger charge is -2.29. The number of hydrogen-bond donors (Lipinski definition) is 2. The van der Waals surface area contributed by atoms with Crippen LogP contribution in [0.2, 0.25) is 0 Å². The highest BCUT2D eigenvalue weighted by Crippen LogP contribution is 2.35. The minimum absolute atomic E-state index is 0.0526. The van der Waals surface area contributed by atoms with Crippen molar-refractivity contribution in [1.29, 1.82) is 0 Å². The lowest BCUT2D eigenvalue weighted by atomic mass is 9.79. The molecular weight excluding hydrogens is 376 g/mol. The molecule has 1 aliphatic carbocycles. The maximum atomic E-state index is 12.7. The molecule has 7 heteroatoms. The molecule has 1 amide bonds. The molecule has 4 rings (SSSR count). The molecular formula is C21H24N2O4S. The Kier molecular flexibility index (Phi) is 5.37. The van der Waals surface area contributed by atoms with Gasteiger partial charge in [0, 0.05) is 6.54 Å². The van der Waals surface area contributed by atoms with Crippen LogP contribution in [0.25, 0.3) is 0 Å². The molecule has 1 heterocycles. The van der Waals surface area contributed by atoms with Gasteiger partial charge in [0.1, 0.15) is 5.75 Å². The summed E-state index contributed by atoms with van der Waals surface area (Å²) in [7, 11) is -3.63. The lowest BCUT2D eigenvalue weighted by Crippen LogP contribution is -2.31. The normalized spacial score (nSPS) is 22.1. The van der Waals surface area contributed by atoms with Crippen LogP contribution < -0.4 is 14.8 Å². The van der Waals surface area contributed by atoms with Gasteiger partial charge in [0.2, 0.25) is 10.0 Å². The van der Waals surface area contributed by atoms with Crippen molar-refractivity contribution >= 4 is 21.6 Å². The van der Waals surface area contributed by atoms with Crippen molar-refractivity contribution in [2.75, 3.05) is 18.5 Å². The van der Waals surface area contributed by atoms with E-state index in [1.807, 2.05) is 6.07 Å². The predicted molar refractivity (Wildman–Crippen MR) is 107 cm³/mol. The monoisotopic (exact) mass is 400 g/mol. The highest BCUT2D eigenvalue weighted by Gasteiger charge is 2.25. The molecule has 1 aliphatic heterocycles. The second-order valence-electron chi connectivity index (χ2n) is 7.48. The molecule has 0 radical (unpaired) electrons. The molecule has 148 valence electrons. The van der Waals surface area contributed by atoms with Gasteiger partial charge in [0.05, 0.1) is 10.6 Å². The summed E-state index contributed by atoms with van der Waals surface area (Å²) >= 11 is 0. The largest absolute Gasteiger partial charge is 0.482 e. The topological polar surface area (TPSA) is 84.5 Å². The van der Waals surface area contributed by atoms with Crippen LogP contribution in [0.3, 0.4) is 0 Å². The average Bonchev–Trinajstić information content (AvgIpc) is 2.73. The third-order valence-electron chi connectivity index (χ3n) is 5.57. The van der Waals surface area contributed by atoms with Crippen molar-refractivity contribution in [3.8, 4) is 5.75 Å². The summed E-state index contributed by atoms with van der Waals surface area (Å²) in [6.45, 7) is 0.382. The molecule has 28 heavy (non-hydrogen) atoms. The number of hydrogen-bond acceptors (Lipinski definition) is 4. The molecule has 0 unspecified atom stereocenters. The molecule has 2 aromatic carbocycles. The first kappa shape index (κ1) is 19.0. The van der Waals surface area contributed by atoms with Crippen LogP contribution in [0.15, 0.2) is 53.4 Å². The Balaban J connectivity index is 1.35. The second kappa shape index (κ2) is 7.93. The Bertz CT molecular complexity index is 952. The molecule has 0 atom stereocenters. The molecule has 0 saturated heterocycles. The summed E-state index contributed by atoms with van der Waals surface area (Å²) in [5.74, 6) is 1.11. The minimum Gasteiger partial charge on any atom is -0.482 e. The third-order valence-corrected chi connectivity index (χ3v) is 7.00. The fourth-order valence-corrected chi connectivity index (χ4v) is 5.11. The number of nitrogens with one attached hydrogen (secondary N) is 2. The van der Waals surface area contributed by atoms with E-state index < -0.39 is 10.0 Å². The smallest absolute Gasteiger partial charge is 0.262 e. The van der Waals surface area contributed by atoms with Crippen LogP contribution in [0.1, 0.15) is 37.2 Å². The summed E-state index contributed by atoms with van der Waals surface area (Å²) in [6, 6.07) is 15.0. The van der Waals surface area contributed by atoms with E-state index in [0.717, 1.165) is 25.7 Å². The highest BCUT2D eigenvalue weighted by atomic mass is 32.2. The Labute approximate surface area is 165 Å². The Morgan fingerprint density at radius 3 is 2.54 bits per heavy atom. The zero-order valence-electron chi connectivity index (χ0n) is 15.6. The number of carbonyl (C=O) groups is 1. The number of rotatable bonds is 5. The van der Waals surface area contributed by atoms with E-state index >= 15 is 0 Å². The van der Waals surface area contributed by atoms with Crippen molar-refractivity contribution in [3.63, 3.8) is 0 Å². The van der Waals surface area contributed by atoms with Crippen LogP contribution in [0.5, 0.6) is 5.75 Å². The van der Waals surface area contributed by atoms with E-state index in [1.54, 1.807) is 6.07 Å². The lowest BCUT2D eigenvalue weighted by molar-refractivity contribution is -0.118. The fourth-order valence-electron chi connectivity index (χ4n) is 3.97. The van der Waals surface area contributed by atoms with E-state index in [2.05, 4.69) is 34.3 Å². The van der Waals surface area contributed by atoms with Crippen molar-refractivity contribution in [2.45, 2.75) is 36.5 Å². The Morgan fingerprint density at radius 1 is 1.04 bits per heavy atom. The SMILES string of the molecule is O=C1COc2ccc(S(=O)(=O)NCC3CCC(c4ccccc4)CC3)cc2N1. The predicted octanol–water partition coefficient (Wildman–Crippen LogP) is 3.27. The molecule has 0 bridgehead atoms. The zero-order valence-corrected chi connectivity index (χ0v) is 16.4. The number of fused-ring (bicyclic) bond motifs is 1. The molecule has 2 N–H and O–H groups in total. The molecule has 2 aliphatic rings. The summed E-state index contributed by atoms with van der Waals surface area (Å²) in [5, 5.41) is 2.64. The Morgan fingerprint density at radius 2 is 1.79 bits per heavy atom. The van der Waals surface area contributed by atoms with Gasteiger partial charge in [-0.1, -0.05) is 30.3 Å². The third kappa shape index (κ3) is 4.20. The van der Waals surface area contributed by atoms with Crippen LogP contribution >= 0.6 is 0 Å². The van der Waals surface area contributed by atoms with E-state index in [1.165, 1.54) is 17.7 Å². The zero-order chi connectivity index (χ0) is 19.6. The van der Waals surface area contributed by atoms with E-state index in [0.29, 0.717) is 29.8 Å². The van der Waals surface area contributed by atoms with Gasteiger partial charge in [-0.25, -0.2) is 13.1 Å². The van der Waals surface area contributed by atoms with E-state index in [9.17, 15) is 13.2 Å². The maximum absolute atomic E-state index is 12.7. The summed E-state index contributed by atoms with van der Waals surface area (Å²) in [5.41, 5.74) is 1.77. The van der Waals surface area contributed by atoms with Gasteiger partial charge in [-0.3, -0.25) is 4.79 Å². The van der Waals surface area contributed by atoms with Gasteiger partial charge in [0.25, 0.3) is 5.91 Å². The number of carbonyl (C=O) groups excluding carboxylic acids is 1. The Hall–Kier alpha value is -2.38. The van der Waals surface area contributed by atoms with Gasteiger partial charge in [-0.2, -0.15) is 0 Å². The van der Waals surface area contributed by atoms with E-state index in [-0.39, 0.29) is 17.4 Å². The molecule has 6 nitrogen and oxygen atoms in total. The molecule has 1 saturated carbocycles. The van der Waals surface area contributed by atoms with Crippen LogP contribution in [-0.2, 0) is 14.8 Å². The van der Waals surface area contributed by atoms with E-state index in [4.69, 9.17) is 4.74 Å². The van der Waals surface area contributed by atoms with Crippen molar-refractivity contribution in [3.05, 3.63) is 54.1 Å². The molecule has 1 fully saturated rings. The van der Waals surface area contributed by atoms with Crippen molar-refractivity contribution < 1.29 is 17.9 Å². The van der Waals surface area contributed by atoms with Crippen LogP contribution in [0.4, 0.5) is 5.69 Å². The average molecular weight is 401 g/mol. The number of amides is 1. The summed E-state index contributed by atoms with van der Waals surface area (Å²) < 4.78 is 33.3. The number of ether oxygens (including phenoxy) is 1. The summed E-state index contributed by atoms with van der Waals surface area (Å²) in [4.78, 5) is 11.6. The molecule has 2 aromatic rings. The standard InChI is InChI=1S/C21H24N2O4S/c24-21-14-27-20-11-10-18(12-19(20)23-21)28(25,26)22-13-15-6-8-17(9-7-15)16-4-2-1-3-5-16/h1-5,10-12,15,17,22H,6-9,13-14H2,(H,23,24). The van der Waals surface area contributed by atoms with Crippen LogP contribution in [0, 0.1) is 5.92 Å². The fraction of sp³-hybridized carbons (Fsp3) is 0.381. The van der Waals surface area contributed by atoms with Gasteiger partial charge < -0.3 is 10.1 Å². The number of sulfonamides is 1. The first-order valence-corrected chi connectivity index (χ1v) is 11.1. The van der Waals surface area contributed by atoms with Gasteiger partial charge in [-0.15, -0.1) is 0 Å². The molecule has 0 aromatic heterocycles. The molecule has 0 spiro atoms.